The van der Waals surface area contributed by atoms with Crippen LogP contribution < -0.4 is 16.0 Å². The number of amides is 1. The molecule has 3 N–H and O–H groups in total. The Morgan fingerprint density at radius 2 is 2.00 bits per heavy atom. The second-order valence-electron chi connectivity index (χ2n) is 4.78. The summed E-state index contributed by atoms with van der Waals surface area (Å²) in [5, 5.41) is 2.80. The number of hydrogen-bond donors (Lipinski definition) is 2. The van der Waals surface area contributed by atoms with Gasteiger partial charge in [0.15, 0.2) is 0 Å². The van der Waals surface area contributed by atoms with Crippen molar-refractivity contribution in [1.82, 2.24) is 10.3 Å². The van der Waals surface area contributed by atoms with Crippen LogP contribution in [0.1, 0.15) is 19.4 Å². The van der Waals surface area contributed by atoms with Crippen LogP contribution in [-0.2, 0) is 11.3 Å². The summed E-state index contributed by atoms with van der Waals surface area (Å²) in [5.74, 6) is 0.675. The van der Waals surface area contributed by atoms with Crippen LogP contribution in [0.25, 0.3) is 0 Å². The number of halogens is 2. The molecule has 0 aliphatic carbocycles. The van der Waals surface area contributed by atoms with Crippen LogP contribution in [0.2, 0.25) is 0 Å². The van der Waals surface area contributed by atoms with Crippen molar-refractivity contribution in [2.24, 2.45) is 5.73 Å². The van der Waals surface area contributed by atoms with Crippen molar-refractivity contribution in [2.45, 2.75) is 25.9 Å². The van der Waals surface area contributed by atoms with Crippen molar-refractivity contribution in [3.8, 4) is 0 Å². The second kappa shape index (κ2) is 8.19. The number of carbonyl (C=O) groups excluding carboxylic acids is 1. The van der Waals surface area contributed by atoms with Gasteiger partial charge in [0.05, 0.1) is 5.54 Å². The quantitative estimate of drug-likeness (QED) is 0.880. The molecule has 0 bridgehead atoms. The molecular formula is C12H22Cl2N4O. The summed E-state index contributed by atoms with van der Waals surface area (Å²) in [6, 6.07) is 3.79. The van der Waals surface area contributed by atoms with Gasteiger partial charge in [0.25, 0.3) is 0 Å². The Bertz CT molecular complexity index is 405. The average Bonchev–Trinajstić information content (AvgIpc) is 2.24. The molecule has 1 heterocycles. The third-order valence-electron chi connectivity index (χ3n) is 2.32. The van der Waals surface area contributed by atoms with Gasteiger partial charge >= 0.3 is 0 Å². The van der Waals surface area contributed by atoms with E-state index in [9.17, 15) is 4.79 Å². The molecule has 0 spiro atoms. The predicted molar refractivity (Wildman–Crippen MR) is 83.2 cm³/mol. The van der Waals surface area contributed by atoms with Crippen molar-refractivity contribution >= 4 is 36.5 Å². The number of carbonyl (C=O) groups is 1. The highest BCUT2D eigenvalue weighted by Gasteiger charge is 2.21. The smallest absolute Gasteiger partial charge is 0.239 e. The fraction of sp³-hybridized carbons (Fsp3) is 0.500. The fourth-order valence-electron chi connectivity index (χ4n) is 1.37. The summed E-state index contributed by atoms with van der Waals surface area (Å²) in [5.41, 5.74) is 5.81. The van der Waals surface area contributed by atoms with E-state index in [-0.39, 0.29) is 30.7 Å². The molecule has 1 aromatic rings. The van der Waals surface area contributed by atoms with Crippen LogP contribution in [-0.4, -0.2) is 30.5 Å². The minimum Gasteiger partial charge on any atom is -0.362 e. The van der Waals surface area contributed by atoms with Crippen LogP contribution in [0.4, 0.5) is 5.82 Å². The lowest BCUT2D eigenvalue weighted by molar-refractivity contribution is -0.125. The monoisotopic (exact) mass is 308 g/mol. The molecule has 0 atom stereocenters. The molecule has 0 aliphatic heterocycles. The van der Waals surface area contributed by atoms with Gasteiger partial charge in [-0.1, -0.05) is 6.07 Å². The van der Waals surface area contributed by atoms with Crippen molar-refractivity contribution in [1.29, 1.82) is 0 Å². The van der Waals surface area contributed by atoms with E-state index < -0.39 is 5.54 Å². The SMILES string of the molecule is CN(C)c1ncccc1CNC(=O)C(C)(C)N.Cl.Cl. The molecule has 0 saturated carbocycles. The maximum absolute atomic E-state index is 11.6. The largest absolute Gasteiger partial charge is 0.362 e. The van der Waals surface area contributed by atoms with Crippen molar-refractivity contribution in [3.05, 3.63) is 23.9 Å². The highest BCUT2D eigenvalue weighted by molar-refractivity contribution is 5.86. The van der Waals surface area contributed by atoms with Crippen LogP contribution in [0.15, 0.2) is 18.3 Å². The number of pyridine rings is 1. The van der Waals surface area contributed by atoms with E-state index in [1.807, 2.05) is 31.1 Å². The summed E-state index contributed by atoms with van der Waals surface area (Å²) in [6.45, 7) is 3.79. The summed E-state index contributed by atoms with van der Waals surface area (Å²) in [7, 11) is 3.83. The predicted octanol–water partition coefficient (Wildman–Crippen LogP) is 1.34. The summed E-state index contributed by atoms with van der Waals surface area (Å²) >= 11 is 0. The molecular weight excluding hydrogens is 287 g/mol. The summed E-state index contributed by atoms with van der Waals surface area (Å²) in [4.78, 5) is 17.8. The topological polar surface area (TPSA) is 71.2 Å². The zero-order chi connectivity index (χ0) is 13.1. The Balaban J connectivity index is 0. The first-order chi connectivity index (χ1) is 7.82. The molecule has 19 heavy (non-hydrogen) atoms. The van der Waals surface area contributed by atoms with Crippen molar-refractivity contribution < 1.29 is 4.79 Å². The summed E-state index contributed by atoms with van der Waals surface area (Å²) in [6.07, 6.45) is 1.73. The molecule has 7 heteroatoms. The first kappa shape index (κ1) is 20.3. The molecule has 0 aromatic carbocycles. The zero-order valence-electron chi connectivity index (χ0n) is 11.6. The number of hydrogen-bond acceptors (Lipinski definition) is 4. The number of anilines is 1. The number of nitrogens with two attached hydrogens (primary N) is 1. The lowest BCUT2D eigenvalue weighted by atomic mass is 10.1. The van der Waals surface area contributed by atoms with Crippen molar-refractivity contribution in [3.63, 3.8) is 0 Å². The molecule has 0 unspecified atom stereocenters. The third kappa shape index (κ3) is 6.09. The van der Waals surface area contributed by atoms with Gasteiger partial charge < -0.3 is 16.0 Å². The van der Waals surface area contributed by atoms with Crippen LogP contribution >= 0.6 is 24.8 Å². The fourth-order valence-corrected chi connectivity index (χ4v) is 1.37. The molecule has 5 nitrogen and oxygen atoms in total. The number of nitrogens with one attached hydrogen (secondary N) is 1. The van der Waals surface area contributed by atoms with Gasteiger partial charge in [0.2, 0.25) is 5.91 Å². The van der Waals surface area contributed by atoms with Gasteiger partial charge in [-0.2, -0.15) is 0 Å². The molecule has 1 rings (SSSR count). The first-order valence-electron chi connectivity index (χ1n) is 5.51. The lowest BCUT2D eigenvalue weighted by Gasteiger charge is -2.20. The molecule has 1 amide bonds. The van der Waals surface area contributed by atoms with Crippen LogP contribution in [0.5, 0.6) is 0 Å². The Morgan fingerprint density at radius 3 is 2.47 bits per heavy atom. The Labute approximate surface area is 126 Å². The van der Waals surface area contributed by atoms with Crippen LogP contribution in [0, 0.1) is 0 Å². The van der Waals surface area contributed by atoms with E-state index in [0.29, 0.717) is 6.54 Å². The van der Waals surface area contributed by atoms with Gasteiger partial charge in [-0.15, -0.1) is 24.8 Å². The Kier molecular flexibility index (Phi) is 8.75. The van der Waals surface area contributed by atoms with E-state index in [4.69, 9.17) is 5.73 Å². The van der Waals surface area contributed by atoms with Gasteiger partial charge in [-0.05, 0) is 19.9 Å². The summed E-state index contributed by atoms with van der Waals surface area (Å²) < 4.78 is 0. The van der Waals surface area contributed by atoms with Crippen molar-refractivity contribution in [2.75, 3.05) is 19.0 Å². The molecule has 1 aromatic heterocycles. The maximum atomic E-state index is 11.6. The second-order valence-corrected chi connectivity index (χ2v) is 4.78. The normalized spacial score (nSPS) is 9.95. The Morgan fingerprint density at radius 1 is 1.42 bits per heavy atom. The van der Waals surface area contributed by atoms with Gasteiger partial charge in [0, 0.05) is 32.4 Å². The highest BCUT2D eigenvalue weighted by Crippen LogP contribution is 2.14. The first-order valence-corrected chi connectivity index (χ1v) is 5.51. The maximum Gasteiger partial charge on any atom is 0.239 e. The standard InChI is InChI=1S/C12H20N4O.2ClH/c1-12(2,13)11(17)15-8-9-6-5-7-14-10(9)16(3)4;;/h5-7H,8,13H2,1-4H3,(H,15,17);2*1H. The minimum atomic E-state index is -0.861. The van der Waals surface area contributed by atoms with E-state index in [2.05, 4.69) is 10.3 Å². The Hall–Kier alpha value is -1.04. The lowest BCUT2D eigenvalue weighted by Crippen LogP contribution is -2.48. The van der Waals surface area contributed by atoms with E-state index in [0.717, 1.165) is 11.4 Å². The van der Waals surface area contributed by atoms with E-state index >= 15 is 0 Å². The average molecular weight is 309 g/mol. The molecule has 110 valence electrons. The molecule has 0 saturated heterocycles. The number of aromatic nitrogens is 1. The molecule has 0 radical (unpaired) electrons. The third-order valence-corrected chi connectivity index (χ3v) is 2.32. The molecule has 0 aliphatic rings. The van der Waals surface area contributed by atoms with E-state index in [1.54, 1.807) is 20.0 Å². The minimum absolute atomic E-state index is 0. The number of nitrogens with zero attached hydrogens (tertiary/aromatic N) is 2. The zero-order valence-corrected chi connectivity index (χ0v) is 13.3. The van der Waals surface area contributed by atoms with Gasteiger partial charge in [0.1, 0.15) is 5.82 Å². The van der Waals surface area contributed by atoms with Gasteiger partial charge in [-0.25, -0.2) is 4.98 Å². The van der Waals surface area contributed by atoms with E-state index in [1.165, 1.54) is 0 Å². The molecule has 0 fully saturated rings. The van der Waals surface area contributed by atoms with Crippen LogP contribution in [0.3, 0.4) is 0 Å². The highest BCUT2D eigenvalue weighted by atomic mass is 35.5. The van der Waals surface area contributed by atoms with Gasteiger partial charge in [-0.3, -0.25) is 4.79 Å². The number of rotatable bonds is 4.